The Labute approximate surface area is 277 Å². The van der Waals surface area contributed by atoms with Gasteiger partial charge in [-0.25, -0.2) is 0 Å². The van der Waals surface area contributed by atoms with E-state index in [9.17, 15) is 9.36 Å². The lowest BCUT2D eigenvalue weighted by Gasteiger charge is -2.55. The molecule has 240 valence electrons. The maximum atomic E-state index is 13.1. The average Bonchev–Trinajstić information content (AvgIpc) is 3.38. The molecule has 1 aliphatic heterocycles. The molecule has 5 aliphatic rings. The van der Waals surface area contributed by atoms with E-state index in [1.54, 1.807) is 12.2 Å². The minimum absolute atomic E-state index is 0. The van der Waals surface area contributed by atoms with E-state index in [0.29, 0.717) is 24.9 Å². The highest BCUT2D eigenvalue weighted by molar-refractivity contribution is 7.66. The van der Waals surface area contributed by atoms with Gasteiger partial charge in [-0.3, -0.25) is 9.36 Å². The third kappa shape index (κ3) is 6.22. The van der Waals surface area contributed by atoms with Crippen molar-refractivity contribution in [1.29, 1.82) is 0 Å². The lowest BCUT2D eigenvalue weighted by molar-refractivity contribution is -0.114. The van der Waals surface area contributed by atoms with E-state index in [2.05, 4.69) is 25.6 Å². The number of ether oxygens (including phenoxy) is 1. The molecule has 2 saturated carbocycles. The highest BCUT2D eigenvalue weighted by Gasteiger charge is 2.65. The quantitative estimate of drug-likeness (QED) is 0.240. The van der Waals surface area contributed by atoms with Crippen LogP contribution in [0.2, 0.25) is 0 Å². The molecule has 0 radical (unpaired) electrons. The molecule has 1 spiro atoms. The number of benzene rings is 1. The molecule has 0 aromatic heterocycles. The number of carbonyl (C=O) groups excluding carboxylic acids is 1. The summed E-state index contributed by atoms with van der Waals surface area (Å²) in [7, 11) is -2.82. The lowest BCUT2D eigenvalue weighted by Crippen LogP contribution is -2.52. The first-order valence-corrected chi connectivity index (χ1v) is 15.9. The van der Waals surface area contributed by atoms with Crippen LogP contribution < -0.4 is 5.30 Å². The number of allylic oxidation sites excluding steroid dienone is 4. The molecular weight excluding hydrogens is 600 g/mol. The Morgan fingerprint density at radius 1 is 1.02 bits per heavy atom. The molecule has 6 atom stereocenters. The molecule has 1 aromatic rings. The van der Waals surface area contributed by atoms with Crippen molar-refractivity contribution in [2.75, 3.05) is 19.9 Å². The molecule has 1 heterocycles. The number of hydrogen-bond acceptors (Lipinski definition) is 4. The van der Waals surface area contributed by atoms with E-state index in [1.165, 1.54) is 28.7 Å². The molecule has 1 unspecified atom stereocenters. The largest absolute Gasteiger partial charge is 0.370 e. The van der Waals surface area contributed by atoms with Crippen molar-refractivity contribution in [2.24, 2.45) is 17.3 Å². The molecule has 4 aliphatic carbocycles. The predicted molar refractivity (Wildman–Crippen MR) is 195 cm³/mol. The van der Waals surface area contributed by atoms with E-state index in [-0.39, 0.29) is 85.5 Å². The zero-order valence-corrected chi connectivity index (χ0v) is 27.4. The van der Waals surface area contributed by atoms with Gasteiger partial charge in [-0.05, 0) is 104 Å². The van der Waals surface area contributed by atoms with Crippen molar-refractivity contribution >= 4 is 58.9 Å². The number of rotatable bonds is 4. The number of carbonyl (C=O) groups is 1. The molecule has 3 fully saturated rings. The minimum Gasteiger partial charge on any atom is -0.370 e. The molecule has 0 N–H and O–H groups in total. The van der Waals surface area contributed by atoms with E-state index in [0.717, 1.165) is 50.4 Å². The number of hydrogen-bond donors (Lipinski definition) is 0. The Kier molecular flexibility index (Phi) is 14.8. The van der Waals surface area contributed by atoms with E-state index in [4.69, 9.17) is 9.26 Å². The molecule has 4 nitrogen and oxygen atoms in total. The van der Waals surface area contributed by atoms with Gasteiger partial charge in [0.25, 0.3) is 0 Å². The fourth-order valence-corrected chi connectivity index (χ4v) is 10.0. The normalized spacial score (nSPS) is 32.1. The van der Waals surface area contributed by atoms with Gasteiger partial charge in [-0.2, -0.15) is 40.5 Å². The van der Waals surface area contributed by atoms with Crippen LogP contribution >= 0.6 is 47.9 Å². The fraction of sp³-hybridized carbons (Fsp3) is 0.618. The summed E-state index contributed by atoms with van der Waals surface area (Å²) in [6.07, 6.45) is 9.82. The van der Waals surface area contributed by atoms with Gasteiger partial charge in [0.1, 0.15) is 0 Å². The van der Waals surface area contributed by atoms with Crippen LogP contribution in [0, 0.1) is 17.3 Å². The van der Waals surface area contributed by atoms with Crippen molar-refractivity contribution in [1.82, 2.24) is 0 Å². The van der Waals surface area contributed by atoms with Gasteiger partial charge in [0, 0.05) is 29.7 Å². The van der Waals surface area contributed by atoms with Crippen molar-refractivity contribution in [3.05, 3.63) is 64.8 Å². The zero-order chi connectivity index (χ0) is 25.3. The second kappa shape index (κ2) is 15.1. The van der Waals surface area contributed by atoms with Gasteiger partial charge in [0.2, 0.25) is 7.37 Å². The summed E-state index contributed by atoms with van der Waals surface area (Å²) in [5.74, 6) is 1.65. The van der Waals surface area contributed by atoms with E-state index < -0.39 is 7.37 Å². The summed E-state index contributed by atoms with van der Waals surface area (Å²) in [4.78, 5) is 12.3. The van der Waals surface area contributed by atoms with Crippen LogP contribution in [0.3, 0.4) is 0 Å². The summed E-state index contributed by atoms with van der Waals surface area (Å²) in [5.41, 5.74) is 6.73. The predicted octanol–water partition coefficient (Wildman–Crippen LogP) is 9.12. The summed E-state index contributed by atoms with van der Waals surface area (Å²) < 4.78 is 25.3. The Morgan fingerprint density at radius 3 is 2.29 bits per heavy atom. The van der Waals surface area contributed by atoms with Crippen LogP contribution in [-0.4, -0.2) is 31.3 Å². The maximum Gasteiger partial charge on any atom is 0.229 e. The topological polar surface area (TPSA) is 52.6 Å². The van der Waals surface area contributed by atoms with Crippen molar-refractivity contribution in [3.8, 4) is 0 Å². The zero-order valence-electron chi connectivity index (χ0n) is 23.5. The lowest BCUT2D eigenvalue weighted by atomic mass is 9.50. The summed E-state index contributed by atoms with van der Waals surface area (Å²) >= 11 is 0. The summed E-state index contributed by atoms with van der Waals surface area (Å²) in [6.45, 7) is 11.8. The van der Waals surface area contributed by atoms with Gasteiger partial charge >= 0.3 is 0 Å². The van der Waals surface area contributed by atoms with E-state index >= 15 is 0 Å². The highest BCUT2D eigenvalue weighted by atomic mass is 32.1. The summed E-state index contributed by atoms with van der Waals surface area (Å²) in [5, 5.41) is 0.777. The standard InChI is InChI=1S/C31H39O4P.3CH4.3H2S/c1-5-35-36(4,33)24-10-6-21(7-11-24)27-19-30(3)28(14-16-31(30)20(2)15-17-34-31)26-12-8-22-18-23(32)9-13-25(22)29(26)27;;;;;;/h6-7,10-11,18,26-28H,2,5,8-9,12-17,19H2,1,3-4H3;3*1H4;3*1H2/t26-,27+,28-,30-,31+,36?;;;;;;/m0....../s1. The van der Waals surface area contributed by atoms with Crippen molar-refractivity contribution < 1.29 is 18.6 Å². The Bertz CT molecular complexity index is 1240. The summed E-state index contributed by atoms with van der Waals surface area (Å²) in [6, 6.07) is 8.39. The van der Waals surface area contributed by atoms with Gasteiger partial charge in [0.15, 0.2) is 5.78 Å². The van der Waals surface area contributed by atoms with Crippen LogP contribution in [0.1, 0.15) is 99.0 Å². The molecule has 6 rings (SSSR count). The Hall–Kier alpha value is -0.690. The second-order valence-electron chi connectivity index (χ2n) is 11.9. The van der Waals surface area contributed by atoms with Crippen LogP contribution in [-0.2, 0) is 18.6 Å². The van der Waals surface area contributed by atoms with Crippen LogP contribution in [0.4, 0.5) is 0 Å². The minimum atomic E-state index is -2.82. The first-order valence-electron chi connectivity index (χ1n) is 13.8. The van der Waals surface area contributed by atoms with Gasteiger partial charge in [-0.15, -0.1) is 0 Å². The van der Waals surface area contributed by atoms with Gasteiger partial charge in [-0.1, -0.05) is 53.5 Å². The SMILES string of the molecule is C.C.C.C=C1CCO[C@]12CC[C@H]1[C@@H]3CCC4=CC(=O)CCC4=C3[C@@H](c3ccc(P(C)(=O)OCC)cc3)C[C@@]12C.S.S.S. The van der Waals surface area contributed by atoms with Gasteiger partial charge < -0.3 is 9.26 Å². The molecule has 1 saturated heterocycles. The molecule has 8 heteroatoms. The van der Waals surface area contributed by atoms with Gasteiger partial charge in [0.05, 0.1) is 18.8 Å². The van der Waals surface area contributed by atoms with Crippen molar-refractivity contribution in [3.63, 3.8) is 0 Å². The molecule has 42 heavy (non-hydrogen) atoms. The Morgan fingerprint density at radius 2 is 1.69 bits per heavy atom. The third-order valence-electron chi connectivity index (χ3n) is 10.3. The van der Waals surface area contributed by atoms with Crippen LogP contribution in [0.5, 0.6) is 0 Å². The second-order valence-corrected chi connectivity index (χ2v) is 14.4. The molecule has 0 amide bonds. The number of fused-ring (bicyclic) bond motifs is 5. The first kappa shape index (κ1) is 41.3. The monoisotopic (exact) mass is 656 g/mol. The van der Waals surface area contributed by atoms with Crippen molar-refractivity contribution in [2.45, 2.75) is 99.0 Å². The highest BCUT2D eigenvalue weighted by Crippen LogP contribution is 2.70. The van der Waals surface area contributed by atoms with Crippen LogP contribution in [0.15, 0.2) is 59.2 Å². The molecular formula is C34H57O4PS3. The molecule has 0 bridgehead atoms. The maximum absolute atomic E-state index is 13.1. The average molecular weight is 657 g/mol. The molecule has 1 aromatic carbocycles. The third-order valence-corrected chi connectivity index (χ3v) is 12.3. The van der Waals surface area contributed by atoms with E-state index in [1.807, 2.05) is 25.1 Å². The Balaban J connectivity index is 0.00000280. The number of ketones is 1. The smallest absolute Gasteiger partial charge is 0.229 e. The fourth-order valence-electron chi connectivity index (χ4n) is 8.72. The van der Waals surface area contributed by atoms with Crippen LogP contribution in [0.25, 0.3) is 0 Å². The first-order chi connectivity index (χ1) is 17.2.